The number of aliphatic carboxylic acids is 1. The van der Waals surface area contributed by atoms with Gasteiger partial charge in [-0.05, 0) is 44.4 Å². The van der Waals surface area contributed by atoms with E-state index in [1.807, 2.05) is 17.9 Å². The number of carboxylic acid groups (broad SMARTS) is 1. The van der Waals surface area contributed by atoms with Crippen LogP contribution in [-0.4, -0.2) is 38.5 Å². The second-order valence-electron chi connectivity index (χ2n) is 6.72. The summed E-state index contributed by atoms with van der Waals surface area (Å²) < 4.78 is 0. The monoisotopic (exact) mass is 339 g/mol. The molecule has 5 heteroatoms. The van der Waals surface area contributed by atoms with Crippen molar-refractivity contribution in [3.05, 3.63) is 47.4 Å². The molecule has 0 bridgehead atoms. The van der Waals surface area contributed by atoms with Gasteiger partial charge in [0.25, 0.3) is 0 Å². The molecule has 0 aliphatic carbocycles. The summed E-state index contributed by atoms with van der Waals surface area (Å²) in [6.45, 7) is 5.66. The summed E-state index contributed by atoms with van der Waals surface area (Å²) in [4.78, 5) is 22.5. The van der Waals surface area contributed by atoms with Gasteiger partial charge in [0.1, 0.15) is 11.9 Å². The Morgan fingerprint density at radius 3 is 2.72 bits per heavy atom. The van der Waals surface area contributed by atoms with Gasteiger partial charge in [-0.25, -0.2) is 9.97 Å². The van der Waals surface area contributed by atoms with Gasteiger partial charge in [-0.15, -0.1) is 0 Å². The molecule has 1 aromatic carbocycles. The summed E-state index contributed by atoms with van der Waals surface area (Å²) >= 11 is 0. The molecule has 1 aliphatic heterocycles. The first kappa shape index (κ1) is 17.5. The van der Waals surface area contributed by atoms with Crippen LogP contribution in [0.15, 0.2) is 30.3 Å². The third-order valence-electron chi connectivity index (χ3n) is 4.66. The average Bonchev–Trinajstić information content (AvgIpc) is 3.04. The first-order chi connectivity index (χ1) is 12.1. The van der Waals surface area contributed by atoms with Gasteiger partial charge >= 0.3 is 5.97 Å². The van der Waals surface area contributed by atoms with Crippen LogP contribution in [0.2, 0.25) is 0 Å². The normalized spacial score (nSPS) is 17.8. The zero-order valence-corrected chi connectivity index (χ0v) is 14.9. The summed E-state index contributed by atoms with van der Waals surface area (Å²) in [6.07, 6.45) is 3.62. The van der Waals surface area contributed by atoms with Crippen LogP contribution in [-0.2, 0) is 17.8 Å². The van der Waals surface area contributed by atoms with Crippen molar-refractivity contribution in [2.45, 2.75) is 52.1 Å². The van der Waals surface area contributed by atoms with Crippen molar-refractivity contribution in [3.8, 4) is 11.3 Å². The van der Waals surface area contributed by atoms with Crippen molar-refractivity contribution in [3.63, 3.8) is 0 Å². The van der Waals surface area contributed by atoms with E-state index in [1.165, 1.54) is 0 Å². The molecule has 0 unspecified atom stereocenters. The lowest BCUT2D eigenvalue weighted by Crippen LogP contribution is -2.35. The van der Waals surface area contributed by atoms with Gasteiger partial charge in [0.2, 0.25) is 0 Å². The van der Waals surface area contributed by atoms with Crippen LogP contribution in [0.5, 0.6) is 0 Å². The maximum Gasteiger partial charge on any atom is 0.320 e. The number of carbonyl (C=O) groups is 1. The fraction of sp³-hybridized carbons (Fsp3) is 0.450. The zero-order chi connectivity index (χ0) is 17.8. The van der Waals surface area contributed by atoms with Crippen molar-refractivity contribution in [1.82, 2.24) is 14.9 Å². The van der Waals surface area contributed by atoms with Gasteiger partial charge in [0.15, 0.2) is 0 Å². The molecule has 1 saturated heterocycles. The lowest BCUT2D eigenvalue weighted by Gasteiger charge is -2.21. The van der Waals surface area contributed by atoms with Gasteiger partial charge in [-0.1, -0.05) is 31.2 Å². The molecule has 1 aliphatic rings. The molecule has 2 aromatic rings. The number of likely N-dealkylation sites (tertiary alicyclic amines) is 1. The molecular weight excluding hydrogens is 314 g/mol. The summed E-state index contributed by atoms with van der Waals surface area (Å²) in [5.41, 5.74) is 4.14. The maximum atomic E-state index is 11.3. The molecule has 1 aromatic heterocycles. The molecule has 0 spiro atoms. The standard InChI is InChI=1S/C20H25N3O2/c1-3-5-19-21-14(2)12-17(22-19)16-9-7-15(8-10-16)13-23-11-4-6-18(23)20(24)25/h7-10,12,18H,3-6,11,13H2,1-2H3,(H,24,25)/t18-/m0/s1. The number of carboxylic acids is 1. The van der Waals surface area contributed by atoms with E-state index in [9.17, 15) is 9.90 Å². The number of benzene rings is 1. The summed E-state index contributed by atoms with van der Waals surface area (Å²) in [5, 5.41) is 9.29. The van der Waals surface area contributed by atoms with E-state index in [-0.39, 0.29) is 6.04 Å². The highest BCUT2D eigenvalue weighted by atomic mass is 16.4. The molecule has 5 nitrogen and oxygen atoms in total. The zero-order valence-electron chi connectivity index (χ0n) is 14.9. The topological polar surface area (TPSA) is 66.3 Å². The van der Waals surface area contributed by atoms with E-state index < -0.39 is 5.97 Å². The Morgan fingerprint density at radius 1 is 1.28 bits per heavy atom. The molecule has 132 valence electrons. The second kappa shape index (κ2) is 7.74. The highest BCUT2D eigenvalue weighted by Crippen LogP contribution is 2.23. The molecule has 1 N–H and O–H groups in total. The van der Waals surface area contributed by atoms with Crippen LogP contribution in [0.25, 0.3) is 11.3 Å². The molecule has 1 fully saturated rings. The van der Waals surface area contributed by atoms with Gasteiger partial charge in [0, 0.05) is 24.2 Å². The van der Waals surface area contributed by atoms with E-state index in [0.717, 1.165) is 60.6 Å². The first-order valence-corrected chi connectivity index (χ1v) is 8.97. The van der Waals surface area contributed by atoms with Crippen molar-refractivity contribution >= 4 is 5.97 Å². The summed E-state index contributed by atoms with van der Waals surface area (Å²) in [6, 6.07) is 9.94. The Labute approximate surface area is 148 Å². The number of nitrogens with zero attached hydrogens (tertiary/aromatic N) is 3. The predicted octanol–water partition coefficient (Wildman–Crippen LogP) is 3.45. The molecule has 0 amide bonds. The van der Waals surface area contributed by atoms with Crippen LogP contribution in [0, 0.1) is 6.92 Å². The maximum absolute atomic E-state index is 11.3. The van der Waals surface area contributed by atoms with Crippen LogP contribution in [0.1, 0.15) is 43.3 Å². The molecule has 0 saturated carbocycles. The Morgan fingerprint density at radius 2 is 2.04 bits per heavy atom. The third kappa shape index (κ3) is 4.23. The highest BCUT2D eigenvalue weighted by molar-refractivity contribution is 5.73. The number of aryl methyl sites for hydroxylation is 2. The lowest BCUT2D eigenvalue weighted by molar-refractivity contribution is -0.142. The van der Waals surface area contributed by atoms with Crippen molar-refractivity contribution < 1.29 is 9.90 Å². The van der Waals surface area contributed by atoms with Crippen molar-refractivity contribution in [1.29, 1.82) is 0 Å². The van der Waals surface area contributed by atoms with Gasteiger partial charge < -0.3 is 5.11 Å². The molecule has 1 atom stereocenters. The Bertz CT molecular complexity index is 743. The number of hydrogen-bond donors (Lipinski definition) is 1. The fourth-order valence-electron chi connectivity index (χ4n) is 3.42. The summed E-state index contributed by atoms with van der Waals surface area (Å²) in [5.74, 6) is 0.178. The minimum Gasteiger partial charge on any atom is -0.480 e. The predicted molar refractivity (Wildman–Crippen MR) is 97.3 cm³/mol. The van der Waals surface area contributed by atoms with E-state index in [4.69, 9.17) is 0 Å². The molecule has 25 heavy (non-hydrogen) atoms. The van der Waals surface area contributed by atoms with E-state index in [2.05, 4.69) is 41.2 Å². The fourth-order valence-corrected chi connectivity index (χ4v) is 3.42. The van der Waals surface area contributed by atoms with E-state index in [1.54, 1.807) is 0 Å². The SMILES string of the molecule is CCCc1nc(C)cc(-c2ccc(CN3CCC[C@H]3C(=O)O)cc2)n1. The minimum atomic E-state index is -0.714. The molecule has 3 rings (SSSR count). The van der Waals surface area contributed by atoms with Gasteiger partial charge in [0.05, 0.1) is 5.69 Å². The Hall–Kier alpha value is -2.27. The van der Waals surface area contributed by atoms with E-state index >= 15 is 0 Å². The quantitative estimate of drug-likeness (QED) is 0.873. The average molecular weight is 339 g/mol. The third-order valence-corrected chi connectivity index (χ3v) is 4.66. The molecular formula is C20H25N3O2. The van der Waals surface area contributed by atoms with Crippen LogP contribution in [0.3, 0.4) is 0 Å². The minimum absolute atomic E-state index is 0.346. The number of rotatable bonds is 6. The number of aromatic nitrogens is 2. The Balaban J connectivity index is 1.75. The molecule has 2 heterocycles. The smallest absolute Gasteiger partial charge is 0.320 e. The van der Waals surface area contributed by atoms with Crippen LogP contribution in [0.4, 0.5) is 0 Å². The second-order valence-corrected chi connectivity index (χ2v) is 6.72. The lowest BCUT2D eigenvalue weighted by atomic mass is 10.1. The van der Waals surface area contributed by atoms with Crippen molar-refractivity contribution in [2.24, 2.45) is 0 Å². The summed E-state index contributed by atoms with van der Waals surface area (Å²) in [7, 11) is 0. The first-order valence-electron chi connectivity index (χ1n) is 8.97. The van der Waals surface area contributed by atoms with Gasteiger partial charge in [-0.3, -0.25) is 9.69 Å². The molecule has 0 radical (unpaired) electrons. The number of hydrogen-bond acceptors (Lipinski definition) is 4. The van der Waals surface area contributed by atoms with Gasteiger partial charge in [-0.2, -0.15) is 0 Å². The van der Waals surface area contributed by atoms with Crippen LogP contribution >= 0.6 is 0 Å². The largest absolute Gasteiger partial charge is 0.480 e. The van der Waals surface area contributed by atoms with E-state index in [0.29, 0.717) is 6.54 Å². The van der Waals surface area contributed by atoms with Crippen molar-refractivity contribution in [2.75, 3.05) is 6.54 Å². The van der Waals surface area contributed by atoms with Crippen LogP contribution < -0.4 is 0 Å². The Kier molecular flexibility index (Phi) is 5.43. The highest BCUT2D eigenvalue weighted by Gasteiger charge is 2.30.